The number of nitrogen functional groups attached to an aromatic ring is 1. The van der Waals surface area contributed by atoms with E-state index < -0.39 is 0 Å². The smallest absolute Gasteiger partial charge is 0.146 e. The van der Waals surface area contributed by atoms with Crippen molar-refractivity contribution in [3.63, 3.8) is 0 Å². The first-order valence-electron chi connectivity index (χ1n) is 6.87. The molecular formula is C17H20ClNO2. The molecule has 0 aliphatic carbocycles. The van der Waals surface area contributed by atoms with Gasteiger partial charge in [0.05, 0.1) is 11.8 Å². The lowest BCUT2D eigenvalue weighted by Crippen LogP contribution is -2.07. The lowest BCUT2D eigenvalue weighted by Gasteiger charge is -2.16. The van der Waals surface area contributed by atoms with Crippen LogP contribution in [0.25, 0.3) is 0 Å². The molecule has 0 bridgehead atoms. The van der Waals surface area contributed by atoms with Crippen LogP contribution in [0.15, 0.2) is 30.3 Å². The largest absolute Gasteiger partial charge is 0.489 e. The Morgan fingerprint density at radius 1 is 1.05 bits per heavy atom. The highest BCUT2D eigenvalue weighted by molar-refractivity contribution is 6.30. The van der Waals surface area contributed by atoms with Crippen molar-refractivity contribution in [1.82, 2.24) is 0 Å². The SMILES string of the molecule is Cc1cc(Cl)cc(C)c1Oc1ccc(N)c(OC(C)C)c1. The minimum Gasteiger partial charge on any atom is -0.489 e. The molecule has 2 aromatic carbocycles. The number of rotatable bonds is 4. The van der Waals surface area contributed by atoms with E-state index in [1.807, 2.05) is 52.0 Å². The van der Waals surface area contributed by atoms with Crippen LogP contribution in [0.3, 0.4) is 0 Å². The fourth-order valence-electron chi connectivity index (χ4n) is 2.11. The maximum atomic E-state index is 6.04. The Labute approximate surface area is 130 Å². The molecule has 0 saturated heterocycles. The molecule has 2 N–H and O–H groups in total. The second-order valence-electron chi connectivity index (χ2n) is 5.34. The van der Waals surface area contributed by atoms with Crippen LogP contribution in [-0.4, -0.2) is 6.10 Å². The Balaban J connectivity index is 2.32. The maximum absolute atomic E-state index is 6.04. The van der Waals surface area contributed by atoms with E-state index in [2.05, 4.69) is 0 Å². The second-order valence-corrected chi connectivity index (χ2v) is 5.77. The Kier molecular flexibility index (Phi) is 4.63. The summed E-state index contributed by atoms with van der Waals surface area (Å²) in [4.78, 5) is 0. The van der Waals surface area contributed by atoms with Crippen molar-refractivity contribution in [1.29, 1.82) is 0 Å². The molecule has 3 nitrogen and oxygen atoms in total. The molecule has 0 aliphatic heterocycles. The molecule has 0 unspecified atom stereocenters. The molecule has 2 aromatic rings. The number of nitrogens with two attached hydrogens (primary N) is 1. The normalized spacial score (nSPS) is 10.8. The van der Waals surface area contributed by atoms with Crippen molar-refractivity contribution < 1.29 is 9.47 Å². The predicted octanol–water partition coefficient (Wildman–Crippen LogP) is 5.12. The van der Waals surface area contributed by atoms with E-state index in [1.54, 1.807) is 6.07 Å². The van der Waals surface area contributed by atoms with Crippen molar-refractivity contribution in [3.05, 3.63) is 46.5 Å². The van der Waals surface area contributed by atoms with Crippen molar-refractivity contribution in [3.8, 4) is 17.2 Å². The van der Waals surface area contributed by atoms with E-state index in [1.165, 1.54) is 0 Å². The third-order valence-corrected chi connectivity index (χ3v) is 3.21. The molecule has 2 rings (SSSR count). The van der Waals surface area contributed by atoms with E-state index in [0.29, 0.717) is 22.2 Å². The fourth-order valence-corrected chi connectivity index (χ4v) is 2.44. The zero-order valence-corrected chi connectivity index (χ0v) is 13.5. The van der Waals surface area contributed by atoms with Crippen LogP contribution in [0, 0.1) is 13.8 Å². The van der Waals surface area contributed by atoms with Gasteiger partial charge in [-0.15, -0.1) is 0 Å². The summed E-state index contributed by atoms with van der Waals surface area (Å²) in [5.74, 6) is 2.12. The Morgan fingerprint density at radius 3 is 2.24 bits per heavy atom. The Hall–Kier alpha value is -1.87. The monoisotopic (exact) mass is 305 g/mol. The van der Waals surface area contributed by atoms with Gasteiger partial charge in [0.1, 0.15) is 17.2 Å². The quantitative estimate of drug-likeness (QED) is 0.797. The minimum atomic E-state index is 0.0570. The minimum absolute atomic E-state index is 0.0570. The van der Waals surface area contributed by atoms with Gasteiger partial charge in [-0.25, -0.2) is 0 Å². The van der Waals surface area contributed by atoms with E-state index in [4.69, 9.17) is 26.8 Å². The molecule has 0 atom stereocenters. The predicted molar refractivity (Wildman–Crippen MR) is 87.6 cm³/mol. The molecule has 0 amide bonds. The molecule has 0 radical (unpaired) electrons. The van der Waals surface area contributed by atoms with Gasteiger partial charge in [0.25, 0.3) is 0 Å². The van der Waals surface area contributed by atoms with Crippen molar-refractivity contribution in [2.24, 2.45) is 0 Å². The van der Waals surface area contributed by atoms with Gasteiger partial charge in [0.2, 0.25) is 0 Å². The van der Waals surface area contributed by atoms with Gasteiger partial charge >= 0.3 is 0 Å². The summed E-state index contributed by atoms with van der Waals surface area (Å²) in [6.07, 6.45) is 0.0570. The summed E-state index contributed by atoms with van der Waals surface area (Å²) in [5, 5.41) is 0.707. The second kappa shape index (κ2) is 6.27. The first-order valence-corrected chi connectivity index (χ1v) is 7.25. The van der Waals surface area contributed by atoms with Gasteiger partial charge in [-0.2, -0.15) is 0 Å². The molecule has 0 fully saturated rings. The van der Waals surface area contributed by atoms with Crippen LogP contribution >= 0.6 is 11.6 Å². The first kappa shape index (κ1) is 15.5. The molecule has 0 aliphatic rings. The van der Waals surface area contributed by atoms with E-state index in [9.17, 15) is 0 Å². The van der Waals surface area contributed by atoms with Gasteiger partial charge in [0, 0.05) is 11.1 Å². The molecule has 0 heterocycles. The molecule has 4 heteroatoms. The number of benzene rings is 2. The third-order valence-electron chi connectivity index (χ3n) is 2.99. The van der Waals surface area contributed by atoms with Gasteiger partial charge in [-0.1, -0.05) is 11.6 Å². The average Bonchev–Trinajstić information content (AvgIpc) is 2.37. The summed E-state index contributed by atoms with van der Waals surface area (Å²) >= 11 is 6.04. The van der Waals surface area contributed by atoms with Crippen molar-refractivity contribution >= 4 is 17.3 Å². The highest BCUT2D eigenvalue weighted by Crippen LogP contribution is 2.34. The molecule has 0 saturated carbocycles. The maximum Gasteiger partial charge on any atom is 0.146 e. The lowest BCUT2D eigenvalue weighted by atomic mass is 10.1. The van der Waals surface area contributed by atoms with Gasteiger partial charge in [-0.3, -0.25) is 0 Å². The number of hydrogen-bond acceptors (Lipinski definition) is 3. The number of ether oxygens (including phenoxy) is 2. The van der Waals surface area contributed by atoms with Gasteiger partial charge in [-0.05, 0) is 63.1 Å². The molecule has 112 valence electrons. The van der Waals surface area contributed by atoms with Crippen LogP contribution in [0.4, 0.5) is 5.69 Å². The van der Waals surface area contributed by atoms with E-state index >= 15 is 0 Å². The highest BCUT2D eigenvalue weighted by Gasteiger charge is 2.10. The topological polar surface area (TPSA) is 44.5 Å². The summed E-state index contributed by atoms with van der Waals surface area (Å²) in [7, 11) is 0. The van der Waals surface area contributed by atoms with E-state index in [0.717, 1.165) is 16.9 Å². The molecule has 21 heavy (non-hydrogen) atoms. The van der Waals surface area contributed by atoms with Crippen molar-refractivity contribution in [2.75, 3.05) is 5.73 Å². The van der Waals surface area contributed by atoms with Crippen LogP contribution in [0.5, 0.6) is 17.2 Å². The average molecular weight is 306 g/mol. The van der Waals surface area contributed by atoms with Crippen molar-refractivity contribution in [2.45, 2.75) is 33.8 Å². The van der Waals surface area contributed by atoms with Crippen LogP contribution < -0.4 is 15.2 Å². The van der Waals surface area contributed by atoms with Crippen LogP contribution in [0.2, 0.25) is 5.02 Å². The standard InChI is InChI=1S/C17H20ClNO2/c1-10(2)20-16-9-14(5-6-15(16)19)21-17-11(3)7-13(18)8-12(17)4/h5-10H,19H2,1-4H3. The number of hydrogen-bond donors (Lipinski definition) is 1. The highest BCUT2D eigenvalue weighted by atomic mass is 35.5. The number of aryl methyl sites for hydroxylation is 2. The lowest BCUT2D eigenvalue weighted by molar-refractivity contribution is 0.243. The summed E-state index contributed by atoms with van der Waals surface area (Å²) in [6.45, 7) is 7.86. The Morgan fingerprint density at radius 2 is 1.67 bits per heavy atom. The zero-order valence-electron chi connectivity index (χ0n) is 12.7. The molecule has 0 aromatic heterocycles. The van der Waals surface area contributed by atoms with E-state index in [-0.39, 0.29) is 6.10 Å². The molecular weight excluding hydrogens is 286 g/mol. The third kappa shape index (κ3) is 3.82. The number of anilines is 1. The van der Waals surface area contributed by atoms with Crippen LogP contribution in [0.1, 0.15) is 25.0 Å². The summed E-state index contributed by atoms with van der Waals surface area (Å²) in [5.41, 5.74) is 8.49. The summed E-state index contributed by atoms with van der Waals surface area (Å²) < 4.78 is 11.7. The van der Waals surface area contributed by atoms with Crippen LogP contribution in [-0.2, 0) is 0 Å². The zero-order chi connectivity index (χ0) is 15.6. The first-order chi connectivity index (χ1) is 9.86. The molecule has 0 spiro atoms. The summed E-state index contributed by atoms with van der Waals surface area (Å²) in [6, 6.07) is 9.19. The van der Waals surface area contributed by atoms with Gasteiger partial charge < -0.3 is 15.2 Å². The Bertz CT molecular complexity index is 630. The fraction of sp³-hybridized carbons (Fsp3) is 0.294. The number of halogens is 1. The van der Waals surface area contributed by atoms with Gasteiger partial charge in [0.15, 0.2) is 0 Å².